The van der Waals surface area contributed by atoms with Crippen molar-refractivity contribution in [2.24, 2.45) is 10.9 Å². The summed E-state index contributed by atoms with van der Waals surface area (Å²) in [6, 6.07) is 0. The Balaban J connectivity index is 3.76. The number of aliphatic imine (C=N–C) groups is 1. The van der Waals surface area contributed by atoms with Crippen molar-refractivity contribution in [1.82, 2.24) is 0 Å². The minimum Gasteiger partial charge on any atom is -0.255 e. The lowest BCUT2D eigenvalue weighted by atomic mass is 10.0. The summed E-state index contributed by atoms with van der Waals surface area (Å²) in [5, 5.41) is 2.95. The van der Waals surface area contributed by atoms with E-state index < -0.39 is 0 Å². The van der Waals surface area contributed by atoms with Gasteiger partial charge >= 0.3 is 0 Å². The van der Waals surface area contributed by atoms with Crippen LogP contribution in [0.25, 0.3) is 0 Å². The number of thioether (sulfide) groups is 1. The van der Waals surface area contributed by atoms with E-state index in [0.717, 1.165) is 17.4 Å². The summed E-state index contributed by atoms with van der Waals surface area (Å²) >= 11 is 1.60. The van der Waals surface area contributed by atoms with Crippen LogP contribution in [0.1, 0.15) is 39.5 Å². The van der Waals surface area contributed by atoms with Crippen molar-refractivity contribution in [1.29, 1.82) is 0 Å². The topological polar surface area (TPSA) is 12.4 Å². The summed E-state index contributed by atoms with van der Waals surface area (Å²) in [5.41, 5.74) is 0. The van der Waals surface area contributed by atoms with Crippen molar-refractivity contribution in [2.75, 3.05) is 0 Å². The largest absolute Gasteiger partial charge is 0.255 e. The molecule has 14 heavy (non-hydrogen) atoms. The predicted octanol–water partition coefficient (Wildman–Crippen LogP) is 4.62. The summed E-state index contributed by atoms with van der Waals surface area (Å²) in [7, 11) is 0. The molecule has 0 N–H and O–H groups in total. The van der Waals surface area contributed by atoms with Crippen molar-refractivity contribution in [3.05, 3.63) is 24.8 Å². The molecule has 0 aliphatic carbocycles. The van der Waals surface area contributed by atoms with E-state index in [-0.39, 0.29) is 0 Å². The SMILES string of the molecule is C=CN=C(CCCC(C)CC)SC=C. The molecule has 0 spiro atoms. The molecule has 0 aromatic heterocycles. The zero-order valence-corrected chi connectivity index (χ0v) is 10.1. The Hall–Kier alpha value is -0.500. The number of hydrogen-bond acceptors (Lipinski definition) is 2. The highest BCUT2D eigenvalue weighted by Gasteiger charge is 2.01. The normalized spacial score (nSPS) is 13.7. The fourth-order valence-electron chi connectivity index (χ4n) is 1.16. The molecule has 0 radical (unpaired) electrons. The first kappa shape index (κ1) is 13.5. The Labute approximate surface area is 92.4 Å². The molecular weight excluding hydrogens is 190 g/mol. The quantitative estimate of drug-likeness (QED) is 0.442. The van der Waals surface area contributed by atoms with Gasteiger partial charge in [-0.05, 0) is 24.2 Å². The second-order valence-corrected chi connectivity index (χ2v) is 4.44. The highest BCUT2D eigenvalue weighted by molar-refractivity contribution is 8.16. The van der Waals surface area contributed by atoms with Crippen LogP contribution in [0.5, 0.6) is 0 Å². The Morgan fingerprint density at radius 2 is 2.21 bits per heavy atom. The summed E-state index contributed by atoms with van der Waals surface area (Å²) in [5.74, 6) is 0.828. The van der Waals surface area contributed by atoms with Gasteiger partial charge in [-0.15, -0.1) is 0 Å². The lowest BCUT2D eigenvalue weighted by Gasteiger charge is -2.07. The first-order valence-electron chi connectivity index (χ1n) is 5.19. The van der Waals surface area contributed by atoms with E-state index in [1.807, 2.05) is 5.41 Å². The number of rotatable bonds is 7. The molecule has 0 amide bonds. The van der Waals surface area contributed by atoms with Gasteiger partial charge in [-0.1, -0.05) is 51.6 Å². The predicted molar refractivity (Wildman–Crippen MR) is 68.7 cm³/mol. The van der Waals surface area contributed by atoms with E-state index in [1.54, 1.807) is 18.0 Å². The number of hydrogen-bond donors (Lipinski definition) is 0. The zero-order chi connectivity index (χ0) is 10.8. The van der Waals surface area contributed by atoms with Crippen molar-refractivity contribution >= 4 is 16.8 Å². The van der Waals surface area contributed by atoms with Crippen molar-refractivity contribution in [3.8, 4) is 0 Å². The van der Waals surface area contributed by atoms with Crippen LogP contribution in [-0.2, 0) is 0 Å². The Morgan fingerprint density at radius 3 is 2.71 bits per heavy atom. The third-order valence-corrected chi connectivity index (χ3v) is 2.99. The fourth-order valence-corrected chi connectivity index (χ4v) is 1.75. The maximum absolute atomic E-state index is 4.21. The maximum atomic E-state index is 4.21. The van der Waals surface area contributed by atoms with Crippen LogP contribution >= 0.6 is 11.8 Å². The molecule has 0 aromatic rings. The summed E-state index contributed by atoms with van der Waals surface area (Å²) in [6.07, 6.45) is 6.41. The molecule has 2 heteroatoms. The van der Waals surface area contributed by atoms with Crippen LogP contribution in [0.15, 0.2) is 29.8 Å². The molecule has 1 unspecified atom stereocenters. The van der Waals surface area contributed by atoms with E-state index in [4.69, 9.17) is 0 Å². The Morgan fingerprint density at radius 1 is 1.50 bits per heavy atom. The molecule has 0 aromatic carbocycles. The standard InChI is InChI=1S/C12H21NS/c1-5-11(4)9-8-10-12(13-6-2)14-7-3/h6-7,11H,2-3,5,8-10H2,1,4H3. The van der Waals surface area contributed by atoms with Crippen LogP contribution in [-0.4, -0.2) is 5.04 Å². The van der Waals surface area contributed by atoms with Gasteiger partial charge in [0.2, 0.25) is 0 Å². The third kappa shape index (κ3) is 6.96. The zero-order valence-electron chi connectivity index (χ0n) is 9.33. The van der Waals surface area contributed by atoms with Gasteiger partial charge in [-0.3, -0.25) is 4.99 Å². The first-order valence-corrected chi connectivity index (χ1v) is 6.07. The fraction of sp³-hybridized carbons (Fsp3) is 0.583. The van der Waals surface area contributed by atoms with Crippen LogP contribution in [0.4, 0.5) is 0 Å². The molecule has 0 aliphatic rings. The van der Waals surface area contributed by atoms with E-state index in [2.05, 4.69) is 32.0 Å². The second-order valence-electron chi connectivity index (χ2n) is 3.40. The smallest absolute Gasteiger partial charge is 0.0772 e. The van der Waals surface area contributed by atoms with Gasteiger partial charge in [-0.2, -0.15) is 0 Å². The summed E-state index contributed by atoms with van der Waals surface area (Å²) in [4.78, 5) is 4.21. The van der Waals surface area contributed by atoms with Crippen molar-refractivity contribution in [3.63, 3.8) is 0 Å². The highest BCUT2D eigenvalue weighted by atomic mass is 32.2. The highest BCUT2D eigenvalue weighted by Crippen LogP contribution is 2.16. The average molecular weight is 211 g/mol. The molecule has 80 valence electrons. The minimum absolute atomic E-state index is 0.828. The van der Waals surface area contributed by atoms with Crippen LogP contribution in [0.2, 0.25) is 0 Å². The Kier molecular flexibility index (Phi) is 8.75. The summed E-state index contributed by atoms with van der Waals surface area (Å²) < 4.78 is 0. The molecule has 0 fully saturated rings. The molecule has 1 atom stereocenters. The first-order chi connectivity index (χ1) is 6.74. The van der Waals surface area contributed by atoms with E-state index in [0.29, 0.717) is 0 Å². The van der Waals surface area contributed by atoms with E-state index in [1.165, 1.54) is 19.3 Å². The van der Waals surface area contributed by atoms with Crippen molar-refractivity contribution in [2.45, 2.75) is 39.5 Å². The molecule has 0 saturated heterocycles. The molecule has 0 bridgehead atoms. The molecule has 0 saturated carbocycles. The summed E-state index contributed by atoms with van der Waals surface area (Å²) in [6.45, 7) is 11.8. The van der Waals surface area contributed by atoms with E-state index >= 15 is 0 Å². The van der Waals surface area contributed by atoms with Crippen LogP contribution in [0.3, 0.4) is 0 Å². The van der Waals surface area contributed by atoms with Gasteiger partial charge in [-0.25, -0.2) is 0 Å². The second kappa shape index (κ2) is 9.07. The van der Waals surface area contributed by atoms with Crippen molar-refractivity contribution < 1.29 is 0 Å². The van der Waals surface area contributed by atoms with Gasteiger partial charge < -0.3 is 0 Å². The van der Waals surface area contributed by atoms with Gasteiger partial charge in [0.25, 0.3) is 0 Å². The van der Waals surface area contributed by atoms with Gasteiger partial charge in [0.1, 0.15) is 0 Å². The average Bonchev–Trinajstić information content (AvgIpc) is 2.18. The lowest BCUT2D eigenvalue weighted by molar-refractivity contribution is 0.502. The van der Waals surface area contributed by atoms with Crippen LogP contribution in [0, 0.1) is 5.92 Å². The van der Waals surface area contributed by atoms with Gasteiger partial charge in [0.05, 0.1) is 5.04 Å². The number of nitrogens with zero attached hydrogens (tertiary/aromatic N) is 1. The third-order valence-electron chi connectivity index (χ3n) is 2.24. The lowest BCUT2D eigenvalue weighted by Crippen LogP contribution is -1.95. The molecule has 0 rings (SSSR count). The maximum Gasteiger partial charge on any atom is 0.0772 e. The molecular formula is C12H21NS. The van der Waals surface area contributed by atoms with E-state index in [9.17, 15) is 0 Å². The Bertz CT molecular complexity index is 196. The monoisotopic (exact) mass is 211 g/mol. The van der Waals surface area contributed by atoms with Gasteiger partial charge in [0.15, 0.2) is 0 Å². The molecule has 1 nitrogen and oxygen atoms in total. The molecule has 0 heterocycles. The van der Waals surface area contributed by atoms with Gasteiger partial charge in [0, 0.05) is 6.20 Å². The molecule has 0 aliphatic heterocycles. The minimum atomic E-state index is 0.828. The van der Waals surface area contributed by atoms with Crippen LogP contribution < -0.4 is 0 Å².